The highest BCUT2D eigenvalue weighted by Crippen LogP contribution is 2.24. The summed E-state index contributed by atoms with van der Waals surface area (Å²) >= 11 is 0. The maximum Gasteiger partial charge on any atom is 0.331 e. The van der Waals surface area contributed by atoms with Gasteiger partial charge in [-0.1, -0.05) is 37.3 Å². The van der Waals surface area contributed by atoms with E-state index in [-0.39, 0.29) is 5.92 Å². The van der Waals surface area contributed by atoms with Crippen molar-refractivity contribution >= 4 is 17.9 Å². The van der Waals surface area contributed by atoms with E-state index in [1.54, 1.807) is 30.5 Å². The van der Waals surface area contributed by atoms with E-state index in [2.05, 4.69) is 0 Å². The van der Waals surface area contributed by atoms with Gasteiger partial charge in [-0.25, -0.2) is 4.79 Å². The fourth-order valence-corrected chi connectivity index (χ4v) is 2.08. The number of hydrogen-bond acceptors (Lipinski definition) is 2. The van der Waals surface area contributed by atoms with Crippen LogP contribution in [-0.2, 0) is 4.79 Å². The Hall–Kier alpha value is -2.36. The SMILES string of the molecule is CC1CC(/C=[N+](\O)c2ccccc2)=CC=C1C(=O)O. The van der Waals surface area contributed by atoms with Gasteiger partial charge < -0.3 is 5.11 Å². The number of benzene rings is 1. The van der Waals surface area contributed by atoms with Gasteiger partial charge in [0.25, 0.3) is 5.69 Å². The number of aliphatic carboxylic acids is 1. The van der Waals surface area contributed by atoms with E-state index in [4.69, 9.17) is 5.11 Å². The van der Waals surface area contributed by atoms with Crippen molar-refractivity contribution in [3.05, 3.63) is 53.6 Å². The molecular formula is C15H16NO3+. The summed E-state index contributed by atoms with van der Waals surface area (Å²) < 4.78 is 1.05. The van der Waals surface area contributed by atoms with E-state index >= 15 is 0 Å². The van der Waals surface area contributed by atoms with E-state index in [1.165, 1.54) is 0 Å². The number of hydrogen-bond donors (Lipinski definition) is 2. The largest absolute Gasteiger partial charge is 0.478 e. The molecule has 19 heavy (non-hydrogen) atoms. The van der Waals surface area contributed by atoms with Gasteiger partial charge in [-0.3, -0.25) is 5.21 Å². The number of carboxylic acid groups (broad SMARTS) is 1. The Morgan fingerprint density at radius 3 is 2.58 bits per heavy atom. The third-order valence-corrected chi connectivity index (χ3v) is 3.11. The molecule has 0 spiro atoms. The molecule has 98 valence electrons. The van der Waals surface area contributed by atoms with E-state index in [9.17, 15) is 10.0 Å². The molecule has 1 aliphatic carbocycles. The molecule has 0 saturated heterocycles. The lowest BCUT2D eigenvalue weighted by Gasteiger charge is -2.15. The van der Waals surface area contributed by atoms with Gasteiger partial charge >= 0.3 is 5.97 Å². The molecule has 1 aromatic carbocycles. The lowest BCUT2D eigenvalue weighted by atomic mass is 9.89. The minimum atomic E-state index is -0.883. The number of para-hydroxylation sites is 1. The second-order valence-electron chi connectivity index (χ2n) is 4.58. The molecule has 4 heteroatoms. The van der Waals surface area contributed by atoms with Gasteiger partial charge in [-0.05, 0) is 12.3 Å². The van der Waals surface area contributed by atoms with Gasteiger partial charge in [-0.15, -0.1) is 0 Å². The monoisotopic (exact) mass is 258 g/mol. The molecule has 4 nitrogen and oxygen atoms in total. The number of rotatable bonds is 3. The van der Waals surface area contributed by atoms with Crippen molar-refractivity contribution in [2.75, 3.05) is 0 Å². The number of carboxylic acids is 1. The predicted molar refractivity (Wildman–Crippen MR) is 71.8 cm³/mol. The van der Waals surface area contributed by atoms with Crippen molar-refractivity contribution in [3.8, 4) is 0 Å². The fourth-order valence-electron chi connectivity index (χ4n) is 2.08. The summed E-state index contributed by atoms with van der Waals surface area (Å²) in [5, 5.41) is 18.9. The van der Waals surface area contributed by atoms with Crippen molar-refractivity contribution in [1.29, 1.82) is 0 Å². The van der Waals surface area contributed by atoms with E-state index in [0.29, 0.717) is 17.7 Å². The molecule has 0 bridgehead atoms. The van der Waals surface area contributed by atoms with Gasteiger partial charge in [0.2, 0.25) is 6.21 Å². The first-order valence-corrected chi connectivity index (χ1v) is 6.10. The molecule has 1 atom stereocenters. The van der Waals surface area contributed by atoms with Crippen LogP contribution in [0.2, 0.25) is 0 Å². The molecule has 0 fully saturated rings. The summed E-state index contributed by atoms with van der Waals surface area (Å²) in [6.07, 6.45) is 5.54. The van der Waals surface area contributed by atoms with Crippen LogP contribution in [-0.4, -0.2) is 27.2 Å². The van der Waals surface area contributed by atoms with Gasteiger partial charge in [0.1, 0.15) is 0 Å². The molecule has 0 amide bonds. The molecular weight excluding hydrogens is 242 g/mol. The minimum Gasteiger partial charge on any atom is -0.478 e. The molecule has 1 aromatic rings. The summed E-state index contributed by atoms with van der Waals surface area (Å²) in [5.41, 5.74) is 1.97. The number of carbonyl (C=O) groups is 1. The van der Waals surface area contributed by atoms with Gasteiger partial charge in [0.05, 0.1) is 0 Å². The number of nitrogens with zero attached hydrogens (tertiary/aromatic N) is 1. The topological polar surface area (TPSA) is 60.5 Å². The Morgan fingerprint density at radius 2 is 2.00 bits per heavy atom. The zero-order chi connectivity index (χ0) is 13.8. The van der Waals surface area contributed by atoms with Crippen LogP contribution in [0.5, 0.6) is 0 Å². The van der Waals surface area contributed by atoms with E-state index < -0.39 is 5.97 Å². The van der Waals surface area contributed by atoms with Crippen LogP contribution < -0.4 is 0 Å². The van der Waals surface area contributed by atoms with Gasteiger partial charge in [-0.2, -0.15) is 0 Å². The zero-order valence-electron chi connectivity index (χ0n) is 10.7. The third-order valence-electron chi connectivity index (χ3n) is 3.11. The van der Waals surface area contributed by atoms with E-state index in [1.807, 2.05) is 25.1 Å². The molecule has 0 aliphatic heterocycles. The molecule has 2 N–H and O–H groups in total. The quantitative estimate of drug-likeness (QED) is 0.379. The van der Waals surface area contributed by atoms with Gasteiger partial charge in [0, 0.05) is 28.0 Å². The summed E-state index contributed by atoms with van der Waals surface area (Å²) in [4.78, 5) is 10.9. The van der Waals surface area contributed by atoms with Crippen LogP contribution in [0, 0.1) is 5.92 Å². The van der Waals surface area contributed by atoms with Crippen LogP contribution in [0.4, 0.5) is 5.69 Å². The summed E-state index contributed by atoms with van der Waals surface area (Å²) in [6, 6.07) is 9.14. The first-order chi connectivity index (χ1) is 9.08. The van der Waals surface area contributed by atoms with Crippen molar-refractivity contribution < 1.29 is 19.8 Å². The van der Waals surface area contributed by atoms with Crippen LogP contribution in [0.25, 0.3) is 0 Å². The molecule has 1 unspecified atom stereocenters. The smallest absolute Gasteiger partial charge is 0.331 e. The molecule has 2 rings (SSSR count). The average Bonchev–Trinajstić information content (AvgIpc) is 2.39. The highest BCUT2D eigenvalue weighted by molar-refractivity contribution is 5.89. The Morgan fingerprint density at radius 1 is 1.32 bits per heavy atom. The molecule has 0 aromatic heterocycles. The lowest BCUT2D eigenvalue weighted by Crippen LogP contribution is -2.15. The standard InChI is InChI=1S/C15H15NO3/c1-11-9-12(7-8-14(11)15(17)18)10-16(19)13-5-3-2-4-6-13/h2-8,10-11H,9H2,1H3,(H-,17,18,19)/p+1/b16-10-. The Bertz CT molecular complexity index is 570. The van der Waals surface area contributed by atoms with Gasteiger partial charge in [0.15, 0.2) is 0 Å². The fraction of sp³-hybridized carbons (Fsp3) is 0.200. The normalized spacial score (nSPS) is 19.6. The third kappa shape index (κ3) is 3.10. The highest BCUT2D eigenvalue weighted by Gasteiger charge is 2.21. The van der Waals surface area contributed by atoms with Crippen LogP contribution >= 0.6 is 0 Å². The Labute approximate surface area is 111 Å². The van der Waals surface area contributed by atoms with Crippen LogP contribution in [0.1, 0.15) is 13.3 Å². The van der Waals surface area contributed by atoms with Crippen LogP contribution in [0.15, 0.2) is 53.6 Å². The minimum absolute atomic E-state index is 0.0575. The molecule has 0 heterocycles. The Balaban J connectivity index is 2.23. The molecule has 0 radical (unpaired) electrons. The Kier molecular flexibility index (Phi) is 3.80. The first-order valence-electron chi connectivity index (χ1n) is 6.10. The lowest BCUT2D eigenvalue weighted by molar-refractivity contribution is -0.709. The van der Waals surface area contributed by atoms with Crippen molar-refractivity contribution in [2.45, 2.75) is 13.3 Å². The second-order valence-corrected chi connectivity index (χ2v) is 4.58. The maximum atomic E-state index is 10.9. The second kappa shape index (κ2) is 5.52. The predicted octanol–water partition coefficient (Wildman–Crippen LogP) is 2.77. The average molecular weight is 258 g/mol. The first kappa shape index (κ1) is 13.1. The molecule has 1 aliphatic rings. The van der Waals surface area contributed by atoms with Crippen LogP contribution in [0.3, 0.4) is 0 Å². The van der Waals surface area contributed by atoms with Crippen molar-refractivity contribution in [3.63, 3.8) is 0 Å². The zero-order valence-corrected chi connectivity index (χ0v) is 10.7. The summed E-state index contributed by atoms with van der Waals surface area (Å²) in [5.74, 6) is -0.940. The van der Waals surface area contributed by atoms with Crippen molar-refractivity contribution in [1.82, 2.24) is 0 Å². The number of allylic oxidation sites excluding steroid dienone is 3. The summed E-state index contributed by atoms with van der Waals surface area (Å²) in [6.45, 7) is 1.87. The maximum absolute atomic E-state index is 10.9. The highest BCUT2D eigenvalue weighted by atomic mass is 16.5. The van der Waals surface area contributed by atoms with Crippen molar-refractivity contribution in [2.24, 2.45) is 5.92 Å². The summed E-state index contributed by atoms with van der Waals surface area (Å²) in [7, 11) is 0. The van der Waals surface area contributed by atoms with E-state index in [0.717, 1.165) is 10.3 Å². The molecule has 0 saturated carbocycles.